The molecule has 4 fully saturated rings. The Labute approximate surface area is 133 Å². The van der Waals surface area contributed by atoms with Crippen LogP contribution in [0, 0.1) is 17.8 Å². The number of carboxylic acid groups (broad SMARTS) is 1. The number of aliphatic carboxylic acids is 1. The van der Waals surface area contributed by atoms with E-state index in [9.17, 15) is 9.90 Å². The largest absolute Gasteiger partial charge is 0.480 e. The first-order valence-corrected chi connectivity index (χ1v) is 8.28. The van der Waals surface area contributed by atoms with E-state index in [-0.39, 0.29) is 17.9 Å². The summed E-state index contributed by atoms with van der Waals surface area (Å²) in [4.78, 5) is 11.6. The fraction of sp³-hybridized carbons (Fsp3) is 0.938. The van der Waals surface area contributed by atoms with E-state index in [1.165, 1.54) is 38.5 Å². The minimum Gasteiger partial charge on any atom is -0.480 e. The second kappa shape index (κ2) is 6.05. The van der Waals surface area contributed by atoms with E-state index in [0.29, 0.717) is 12.8 Å². The molecule has 0 aromatic heterocycles. The lowest BCUT2D eigenvalue weighted by Crippen LogP contribution is -2.67. The molecule has 4 bridgehead atoms. The number of rotatable bonds is 6. The van der Waals surface area contributed by atoms with Gasteiger partial charge in [-0.3, -0.25) is 10.2 Å². The predicted octanol–water partition coefficient (Wildman–Crippen LogP) is 3.11. The van der Waals surface area contributed by atoms with Gasteiger partial charge in [-0.15, -0.1) is 12.4 Å². The van der Waals surface area contributed by atoms with Crippen molar-refractivity contribution < 1.29 is 9.90 Å². The molecule has 0 aromatic carbocycles. The van der Waals surface area contributed by atoms with E-state index >= 15 is 0 Å². The van der Waals surface area contributed by atoms with Gasteiger partial charge in [0, 0.05) is 5.54 Å². The summed E-state index contributed by atoms with van der Waals surface area (Å²) in [6.45, 7) is 3.90. The zero-order valence-electron chi connectivity index (χ0n) is 13.2. The van der Waals surface area contributed by atoms with Gasteiger partial charge in [-0.25, -0.2) is 5.43 Å². The highest BCUT2D eigenvalue weighted by Gasteiger charge is 2.51. The Morgan fingerprint density at radius 2 is 1.52 bits per heavy atom. The maximum atomic E-state index is 11.6. The quantitative estimate of drug-likeness (QED) is 0.659. The van der Waals surface area contributed by atoms with Crippen molar-refractivity contribution in [3.63, 3.8) is 0 Å². The van der Waals surface area contributed by atoms with Crippen LogP contribution < -0.4 is 10.9 Å². The molecule has 5 heteroatoms. The second-order valence-corrected chi connectivity index (χ2v) is 7.54. The highest BCUT2D eigenvalue weighted by molar-refractivity contribution is 5.85. The molecular formula is C16H29ClN2O2. The average molecular weight is 317 g/mol. The van der Waals surface area contributed by atoms with Crippen molar-refractivity contribution in [3.05, 3.63) is 0 Å². The van der Waals surface area contributed by atoms with Crippen molar-refractivity contribution >= 4 is 18.4 Å². The van der Waals surface area contributed by atoms with Crippen LogP contribution in [-0.4, -0.2) is 22.2 Å². The zero-order valence-corrected chi connectivity index (χ0v) is 14.0. The first kappa shape index (κ1) is 17.0. The number of carbonyl (C=O) groups is 1. The van der Waals surface area contributed by atoms with Gasteiger partial charge in [0.1, 0.15) is 5.54 Å². The van der Waals surface area contributed by atoms with Crippen LogP contribution in [0.2, 0.25) is 0 Å². The highest BCUT2D eigenvalue weighted by Crippen LogP contribution is 2.55. The van der Waals surface area contributed by atoms with Gasteiger partial charge in [-0.1, -0.05) is 13.8 Å². The molecule has 0 aliphatic heterocycles. The van der Waals surface area contributed by atoms with E-state index in [1.54, 1.807) is 0 Å². The molecule has 4 nitrogen and oxygen atoms in total. The number of hydrogen-bond donors (Lipinski definition) is 3. The third-order valence-corrected chi connectivity index (χ3v) is 6.22. The number of hydrogen-bond acceptors (Lipinski definition) is 3. The molecule has 0 amide bonds. The SMILES string of the molecule is CCC(CC)(NNC12CC3CC(CC(C3)C1)C2)C(=O)O.Cl. The summed E-state index contributed by atoms with van der Waals surface area (Å²) in [6.07, 6.45) is 9.14. The van der Waals surface area contributed by atoms with Gasteiger partial charge < -0.3 is 5.11 Å². The average Bonchev–Trinajstić information content (AvgIpc) is 2.38. The third kappa shape index (κ3) is 2.95. The van der Waals surface area contributed by atoms with E-state index in [2.05, 4.69) is 10.9 Å². The second-order valence-electron chi connectivity index (χ2n) is 7.54. The molecule has 3 N–H and O–H groups in total. The maximum absolute atomic E-state index is 11.6. The molecule has 0 radical (unpaired) electrons. The fourth-order valence-electron chi connectivity index (χ4n) is 5.30. The van der Waals surface area contributed by atoms with Crippen molar-refractivity contribution in [2.24, 2.45) is 17.8 Å². The van der Waals surface area contributed by atoms with Crippen LogP contribution in [0.3, 0.4) is 0 Å². The first-order chi connectivity index (χ1) is 9.51. The minimum absolute atomic E-state index is 0. The van der Waals surface area contributed by atoms with Crippen LogP contribution in [0.25, 0.3) is 0 Å². The van der Waals surface area contributed by atoms with E-state index in [4.69, 9.17) is 0 Å². The molecule has 0 spiro atoms. The normalized spacial score (nSPS) is 37.3. The first-order valence-electron chi connectivity index (χ1n) is 8.28. The summed E-state index contributed by atoms with van der Waals surface area (Å²) in [5.41, 5.74) is 6.11. The van der Waals surface area contributed by atoms with Crippen LogP contribution in [0.5, 0.6) is 0 Å². The standard InChI is InChI=1S/C16H28N2O2.ClH/c1-3-16(4-2,14(19)20)18-17-15-8-11-5-12(9-15)7-13(6-11)10-15;/h11-13,17-18H,3-10H2,1-2H3,(H,19,20);1H. The van der Waals surface area contributed by atoms with Gasteiger partial charge in [-0.2, -0.15) is 0 Å². The van der Waals surface area contributed by atoms with E-state index in [1.807, 2.05) is 13.8 Å². The lowest BCUT2D eigenvalue weighted by atomic mass is 9.53. The Hall–Kier alpha value is -0.320. The molecule has 0 atom stereocenters. The van der Waals surface area contributed by atoms with Gasteiger partial charge in [-0.05, 0) is 69.1 Å². The number of hydrazine groups is 1. The monoisotopic (exact) mass is 316 g/mol. The van der Waals surface area contributed by atoms with Crippen molar-refractivity contribution in [2.45, 2.75) is 76.3 Å². The summed E-state index contributed by atoms with van der Waals surface area (Å²) in [6, 6.07) is 0. The van der Waals surface area contributed by atoms with Crippen LogP contribution in [0.15, 0.2) is 0 Å². The van der Waals surface area contributed by atoms with Gasteiger partial charge in [0.2, 0.25) is 0 Å². The van der Waals surface area contributed by atoms with E-state index in [0.717, 1.165) is 17.8 Å². The zero-order chi connectivity index (χ0) is 14.4. The number of carboxylic acids is 1. The van der Waals surface area contributed by atoms with Gasteiger partial charge in [0.25, 0.3) is 0 Å². The minimum atomic E-state index is -0.816. The highest BCUT2D eigenvalue weighted by atomic mass is 35.5. The van der Waals surface area contributed by atoms with Gasteiger partial charge >= 0.3 is 5.97 Å². The van der Waals surface area contributed by atoms with E-state index < -0.39 is 11.5 Å². The Morgan fingerprint density at radius 1 is 1.10 bits per heavy atom. The number of halogens is 1. The summed E-state index contributed by atoms with van der Waals surface area (Å²) in [7, 11) is 0. The number of nitrogens with one attached hydrogen (secondary N) is 2. The molecule has 4 aliphatic carbocycles. The third-order valence-electron chi connectivity index (χ3n) is 6.22. The van der Waals surface area contributed by atoms with Crippen LogP contribution in [-0.2, 0) is 4.79 Å². The fourth-order valence-corrected chi connectivity index (χ4v) is 5.30. The smallest absolute Gasteiger partial charge is 0.325 e. The Balaban J connectivity index is 0.00000161. The summed E-state index contributed by atoms with van der Waals surface area (Å²) >= 11 is 0. The molecule has 4 rings (SSSR count). The molecule has 4 saturated carbocycles. The summed E-state index contributed by atoms with van der Waals surface area (Å²) in [5, 5.41) is 9.53. The van der Waals surface area contributed by atoms with Crippen molar-refractivity contribution in [2.75, 3.05) is 0 Å². The maximum Gasteiger partial charge on any atom is 0.325 e. The molecule has 122 valence electrons. The van der Waals surface area contributed by atoms with Crippen molar-refractivity contribution in [1.82, 2.24) is 10.9 Å². The van der Waals surface area contributed by atoms with Gasteiger partial charge in [0.05, 0.1) is 0 Å². The van der Waals surface area contributed by atoms with Crippen LogP contribution in [0.4, 0.5) is 0 Å². The predicted molar refractivity (Wildman–Crippen MR) is 85.4 cm³/mol. The van der Waals surface area contributed by atoms with Crippen molar-refractivity contribution in [3.8, 4) is 0 Å². The Morgan fingerprint density at radius 3 is 1.86 bits per heavy atom. The molecule has 0 unspecified atom stereocenters. The summed E-state index contributed by atoms with van der Waals surface area (Å²) < 4.78 is 0. The molecular weight excluding hydrogens is 288 g/mol. The lowest BCUT2D eigenvalue weighted by molar-refractivity contribution is -0.146. The van der Waals surface area contributed by atoms with Crippen LogP contribution in [0.1, 0.15) is 65.2 Å². The lowest BCUT2D eigenvalue weighted by Gasteiger charge is -2.57. The molecule has 0 saturated heterocycles. The summed E-state index contributed by atoms with van der Waals surface area (Å²) in [5.74, 6) is 1.88. The molecule has 21 heavy (non-hydrogen) atoms. The van der Waals surface area contributed by atoms with Crippen LogP contribution >= 0.6 is 12.4 Å². The topological polar surface area (TPSA) is 61.4 Å². The molecule has 0 heterocycles. The Kier molecular flexibility index (Phi) is 4.91. The molecule has 4 aliphatic rings. The molecule has 0 aromatic rings. The van der Waals surface area contributed by atoms with Gasteiger partial charge in [0.15, 0.2) is 0 Å². The Bertz CT molecular complexity index is 360. The van der Waals surface area contributed by atoms with Crippen molar-refractivity contribution in [1.29, 1.82) is 0 Å².